The van der Waals surface area contributed by atoms with E-state index in [0.717, 1.165) is 0 Å². The Bertz CT molecular complexity index is 497. The fourth-order valence-electron chi connectivity index (χ4n) is 1.62. The number of carbonyl (C=O) groups is 1. The first-order chi connectivity index (χ1) is 8.54. The standard InChI is InChI=1S/C10H10BClO6.Na/c1-2-16-6-3-5(12)8-9(7(6)10(13)14)18-11(15)4-17-8;/h3,15H,2,4H2,1H3,(H,13,14);/q;+1/p-1. The molecule has 19 heavy (non-hydrogen) atoms. The van der Waals surface area contributed by atoms with Gasteiger partial charge in [-0.25, -0.2) is 0 Å². The zero-order valence-corrected chi connectivity index (χ0v) is 13.2. The molecule has 0 amide bonds. The zero-order valence-electron chi connectivity index (χ0n) is 10.4. The van der Waals surface area contributed by atoms with Gasteiger partial charge in [0.05, 0.1) is 23.2 Å². The predicted molar refractivity (Wildman–Crippen MR) is 61.0 cm³/mol. The summed E-state index contributed by atoms with van der Waals surface area (Å²) >= 11 is 5.93. The molecule has 9 heteroatoms. The number of hydrogen-bond acceptors (Lipinski definition) is 6. The maximum absolute atomic E-state index is 11.1. The van der Waals surface area contributed by atoms with Gasteiger partial charge in [-0.15, -0.1) is 0 Å². The van der Waals surface area contributed by atoms with Crippen LogP contribution in [0.1, 0.15) is 17.3 Å². The molecule has 1 aliphatic heterocycles. The van der Waals surface area contributed by atoms with Crippen molar-refractivity contribution in [2.24, 2.45) is 0 Å². The van der Waals surface area contributed by atoms with Crippen molar-refractivity contribution in [1.82, 2.24) is 0 Å². The van der Waals surface area contributed by atoms with Crippen molar-refractivity contribution in [3.63, 3.8) is 0 Å². The average molecular weight is 294 g/mol. The van der Waals surface area contributed by atoms with Crippen molar-refractivity contribution in [3.05, 3.63) is 16.7 Å². The minimum atomic E-state index is -1.50. The van der Waals surface area contributed by atoms with E-state index in [1.807, 2.05) is 0 Å². The summed E-state index contributed by atoms with van der Waals surface area (Å²) in [6.07, 6.45) is 0. The first kappa shape index (κ1) is 16.5. The summed E-state index contributed by atoms with van der Waals surface area (Å²) in [7, 11) is -1.26. The van der Waals surface area contributed by atoms with E-state index in [9.17, 15) is 14.9 Å². The third-order valence-corrected chi connectivity index (χ3v) is 2.56. The quantitative estimate of drug-likeness (QED) is 0.594. The summed E-state index contributed by atoms with van der Waals surface area (Å²) in [4.78, 5) is 11.1. The van der Waals surface area contributed by atoms with E-state index in [1.54, 1.807) is 6.92 Å². The van der Waals surface area contributed by atoms with Crippen LogP contribution in [0.5, 0.6) is 17.2 Å². The van der Waals surface area contributed by atoms with Crippen LogP contribution in [0.4, 0.5) is 0 Å². The molecule has 6 nitrogen and oxygen atoms in total. The molecule has 0 atom stereocenters. The van der Waals surface area contributed by atoms with Crippen molar-refractivity contribution in [2.45, 2.75) is 6.92 Å². The molecule has 1 aromatic rings. The number of carboxylic acid groups (broad SMARTS) is 1. The molecule has 1 N–H and O–H groups in total. The van der Waals surface area contributed by atoms with Gasteiger partial charge in [0.25, 0.3) is 0 Å². The number of benzene rings is 1. The van der Waals surface area contributed by atoms with Gasteiger partial charge in [0, 0.05) is 6.07 Å². The fourth-order valence-corrected chi connectivity index (χ4v) is 1.86. The molecule has 0 aliphatic carbocycles. The van der Waals surface area contributed by atoms with E-state index in [4.69, 9.17) is 25.7 Å². The van der Waals surface area contributed by atoms with Gasteiger partial charge in [0.15, 0.2) is 11.5 Å². The number of rotatable bonds is 3. The molecule has 0 bridgehead atoms. The molecule has 2 rings (SSSR count). The van der Waals surface area contributed by atoms with Crippen LogP contribution in [-0.4, -0.2) is 31.2 Å². The Labute approximate surface area is 137 Å². The van der Waals surface area contributed by atoms with E-state index in [1.165, 1.54) is 6.07 Å². The van der Waals surface area contributed by atoms with Crippen LogP contribution in [0, 0.1) is 0 Å². The fraction of sp³-hybridized carbons (Fsp3) is 0.300. The van der Waals surface area contributed by atoms with E-state index in [2.05, 4.69) is 0 Å². The third-order valence-electron chi connectivity index (χ3n) is 2.28. The number of carboxylic acids is 1. The van der Waals surface area contributed by atoms with Crippen molar-refractivity contribution < 1.29 is 58.6 Å². The van der Waals surface area contributed by atoms with Gasteiger partial charge in [-0.1, -0.05) is 11.6 Å². The first-order valence-electron chi connectivity index (χ1n) is 5.22. The molecule has 0 aromatic heterocycles. The van der Waals surface area contributed by atoms with Crippen LogP contribution in [0.25, 0.3) is 0 Å². The predicted octanol–water partition coefficient (Wildman–Crippen LogP) is -3.10. The van der Waals surface area contributed by atoms with Gasteiger partial charge in [0.1, 0.15) is 12.3 Å². The number of carbonyl (C=O) groups excluding carboxylic acids is 1. The molecule has 1 aliphatic rings. The Hall–Kier alpha value is -0.595. The molecular weight excluding hydrogens is 285 g/mol. The maximum atomic E-state index is 11.1. The van der Waals surface area contributed by atoms with Gasteiger partial charge < -0.3 is 29.1 Å². The Morgan fingerprint density at radius 2 is 2.32 bits per heavy atom. The van der Waals surface area contributed by atoms with Gasteiger partial charge >= 0.3 is 36.7 Å². The SMILES string of the molecule is CCOc1cc(Cl)c2c(c1C(=O)[O-])OB(O)CO2.[Na+]. The van der Waals surface area contributed by atoms with Crippen molar-refractivity contribution in [2.75, 3.05) is 13.1 Å². The number of aromatic carboxylic acids is 1. The molecule has 1 heterocycles. The second-order valence-corrected chi connectivity index (χ2v) is 3.90. The van der Waals surface area contributed by atoms with E-state index < -0.39 is 13.1 Å². The summed E-state index contributed by atoms with van der Waals surface area (Å²) in [5.41, 5.74) is -0.324. The smallest absolute Gasteiger partial charge is 0.545 e. The first-order valence-corrected chi connectivity index (χ1v) is 5.60. The normalized spacial score (nSPS) is 12.7. The van der Waals surface area contributed by atoms with Crippen LogP contribution >= 0.6 is 11.6 Å². The Kier molecular flexibility index (Phi) is 5.82. The molecule has 1 aromatic carbocycles. The molecule has 0 saturated heterocycles. The topological polar surface area (TPSA) is 88.1 Å². The number of ether oxygens (including phenoxy) is 2. The van der Waals surface area contributed by atoms with Crippen LogP contribution < -0.4 is 48.8 Å². The number of hydrogen-bond donors (Lipinski definition) is 1. The minimum absolute atomic E-state index is 0. The molecule has 0 radical (unpaired) electrons. The van der Waals surface area contributed by atoms with Crippen LogP contribution in [-0.2, 0) is 0 Å². The summed E-state index contributed by atoms with van der Waals surface area (Å²) in [5, 5.41) is 20.6. The minimum Gasteiger partial charge on any atom is -0.545 e. The Balaban J connectivity index is 0.00000180. The number of fused-ring (bicyclic) bond motifs is 1. The van der Waals surface area contributed by atoms with Crippen molar-refractivity contribution >= 4 is 24.7 Å². The molecule has 96 valence electrons. The summed E-state index contributed by atoms with van der Waals surface area (Å²) in [6.45, 7) is 1.81. The monoisotopic (exact) mass is 294 g/mol. The van der Waals surface area contributed by atoms with Crippen LogP contribution in [0.3, 0.4) is 0 Å². The molecule has 0 unspecified atom stereocenters. The van der Waals surface area contributed by atoms with Gasteiger partial charge in [0.2, 0.25) is 0 Å². The second-order valence-electron chi connectivity index (χ2n) is 3.49. The summed E-state index contributed by atoms with van der Waals surface area (Å²) in [6, 6.07) is 1.32. The van der Waals surface area contributed by atoms with Gasteiger partial charge in [-0.05, 0) is 6.92 Å². The summed E-state index contributed by atoms with van der Waals surface area (Å²) in [5.74, 6) is -1.60. The zero-order chi connectivity index (χ0) is 13.3. The van der Waals surface area contributed by atoms with Crippen molar-refractivity contribution in [3.8, 4) is 17.2 Å². The molecular formula is C10H9BClNaO6. The van der Waals surface area contributed by atoms with Crippen LogP contribution in [0.15, 0.2) is 6.07 Å². The third kappa shape index (κ3) is 3.30. The molecule has 0 saturated carbocycles. The van der Waals surface area contributed by atoms with Crippen molar-refractivity contribution in [1.29, 1.82) is 0 Å². The Morgan fingerprint density at radius 3 is 2.89 bits per heavy atom. The van der Waals surface area contributed by atoms with E-state index >= 15 is 0 Å². The maximum Gasteiger partial charge on any atom is 1.00 e. The number of halogens is 1. The average Bonchev–Trinajstić information content (AvgIpc) is 2.28. The molecule has 0 spiro atoms. The van der Waals surface area contributed by atoms with E-state index in [0.29, 0.717) is 0 Å². The van der Waals surface area contributed by atoms with E-state index in [-0.39, 0.29) is 70.5 Å². The largest absolute Gasteiger partial charge is 1.00 e. The van der Waals surface area contributed by atoms with Crippen LogP contribution in [0.2, 0.25) is 5.02 Å². The van der Waals surface area contributed by atoms with Gasteiger partial charge in [-0.2, -0.15) is 0 Å². The van der Waals surface area contributed by atoms with Gasteiger partial charge in [-0.3, -0.25) is 0 Å². The Morgan fingerprint density at radius 1 is 1.63 bits per heavy atom. The summed E-state index contributed by atoms with van der Waals surface area (Å²) < 4.78 is 15.3. The second kappa shape index (κ2) is 6.72. The molecule has 0 fully saturated rings.